The Morgan fingerprint density at radius 2 is 1.69 bits per heavy atom. The average Bonchev–Trinajstić information content (AvgIpc) is 3.19. The molecule has 9 heteroatoms. The number of hydrogen-bond acceptors (Lipinski definition) is 3. The van der Waals surface area contributed by atoms with Gasteiger partial charge in [0, 0.05) is 14.7 Å². The zero-order valence-corrected chi connectivity index (χ0v) is 18.0. The van der Waals surface area contributed by atoms with Gasteiger partial charge in [-0.1, -0.05) is 55.1 Å². The Kier molecular flexibility index (Phi) is 4.87. The molecule has 1 aliphatic heterocycles. The molecule has 0 spiro atoms. The van der Waals surface area contributed by atoms with Gasteiger partial charge in [-0.05, 0) is 36.5 Å². The van der Waals surface area contributed by atoms with E-state index >= 15 is 0 Å². The van der Waals surface area contributed by atoms with E-state index in [1.807, 2.05) is 0 Å². The number of carbonyl (C=O) groups excluding carboxylic acids is 3. The standard InChI is InChI=1S/C17H14Br2Cl2N2O3/c18-14-7-4-8(15(14)19)13-12(7)16(25)23(17(13)26)5-11(24)22-10-3-6(20)1-2-9(10)21/h1-3,7-8,12-15H,4-5H2,(H,22,24)/t7-,8-,12-,13+,14-,15+/m1/s1. The molecule has 5 nitrogen and oxygen atoms in total. The lowest BCUT2D eigenvalue weighted by atomic mass is 9.81. The molecule has 1 aromatic rings. The fourth-order valence-electron chi connectivity index (χ4n) is 4.49. The minimum atomic E-state index is -0.478. The first-order valence-electron chi connectivity index (χ1n) is 8.18. The maximum atomic E-state index is 12.8. The van der Waals surface area contributed by atoms with Crippen LogP contribution in [0.5, 0.6) is 0 Å². The number of carbonyl (C=O) groups is 3. The molecule has 26 heavy (non-hydrogen) atoms. The monoisotopic (exact) mass is 522 g/mol. The van der Waals surface area contributed by atoms with Gasteiger partial charge in [0.2, 0.25) is 17.7 Å². The molecule has 2 aliphatic carbocycles. The van der Waals surface area contributed by atoms with Crippen LogP contribution < -0.4 is 5.32 Å². The van der Waals surface area contributed by atoms with Crippen molar-refractivity contribution >= 4 is 78.5 Å². The number of hydrogen-bond donors (Lipinski definition) is 1. The molecule has 3 fully saturated rings. The largest absolute Gasteiger partial charge is 0.323 e. The molecule has 2 saturated carbocycles. The van der Waals surface area contributed by atoms with Gasteiger partial charge in [0.15, 0.2) is 0 Å². The van der Waals surface area contributed by atoms with Crippen LogP contribution in [0.15, 0.2) is 18.2 Å². The number of anilines is 1. The molecule has 1 heterocycles. The van der Waals surface area contributed by atoms with Crippen LogP contribution in [0.2, 0.25) is 10.0 Å². The third-order valence-corrected chi connectivity index (χ3v) is 9.35. The van der Waals surface area contributed by atoms with E-state index < -0.39 is 5.91 Å². The number of nitrogens with one attached hydrogen (secondary N) is 1. The summed E-state index contributed by atoms with van der Waals surface area (Å²) in [6, 6.07) is 4.70. The molecule has 0 radical (unpaired) electrons. The van der Waals surface area contributed by atoms with Crippen molar-refractivity contribution in [3.05, 3.63) is 28.2 Å². The third kappa shape index (κ3) is 2.82. The summed E-state index contributed by atoms with van der Waals surface area (Å²) in [7, 11) is 0. The summed E-state index contributed by atoms with van der Waals surface area (Å²) >= 11 is 19.2. The highest BCUT2D eigenvalue weighted by Crippen LogP contribution is 2.60. The SMILES string of the molecule is O=C(CN1C(=O)[C@@H]2[C@H]3C[C@@H]([C@H](Br)[C@@H]3Br)[C@@H]2C1=O)Nc1cc(Cl)ccc1Cl. The smallest absolute Gasteiger partial charge is 0.244 e. The molecule has 2 bridgehead atoms. The Labute approximate surface area is 177 Å². The van der Waals surface area contributed by atoms with Crippen LogP contribution in [0, 0.1) is 23.7 Å². The molecule has 3 amide bonds. The number of benzene rings is 1. The number of imide groups is 1. The van der Waals surface area contributed by atoms with Crippen molar-refractivity contribution in [1.82, 2.24) is 4.90 Å². The highest BCUT2D eigenvalue weighted by molar-refractivity contribution is 9.12. The van der Waals surface area contributed by atoms with E-state index in [0.717, 1.165) is 11.3 Å². The van der Waals surface area contributed by atoms with Crippen molar-refractivity contribution in [2.24, 2.45) is 23.7 Å². The molecule has 1 saturated heterocycles. The van der Waals surface area contributed by atoms with Crippen LogP contribution in [0.25, 0.3) is 0 Å². The van der Waals surface area contributed by atoms with Crippen molar-refractivity contribution in [3.8, 4) is 0 Å². The van der Waals surface area contributed by atoms with Gasteiger partial charge in [-0.3, -0.25) is 19.3 Å². The normalized spacial score (nSPS) is 35.2. The average molecular weight is 525 g/mol. The van der Waals surface area contributed by atoms with Gasteiger partial charge in [-0.25, -0.2) is 0 Å². The first kappa shape index (κ1) is 18.7. The summed E-state index contributed by atoms with van der Waals surface area (Å²) < 4.78 is 0. The van der Waals surface area contributed by atoms with Crippen LogP contribution in [0.4, 0.5) is 5.69 Å². The fraction of sp³-hybridized carbons (Fsp3) is 0.471. The number of amides is 3. The number of alkyl halides is 2. The Bertz CT molecular complexity index is 789. The van der Waals surface area contributed by atoms with Gasteiger partial charge >= 0.3 is 0 Å². The molecule has 1 aromatic carbocycles. The Morgan fingerprint density at radius 1 is 1.12 bits per heavy atom. The second kappa shape index (κ2) is 6.76. The summed E-state index contributed by atoms with van der Waals surface area (Å²) in [5, 5.41) is 3.38. The second-order valence-corrected chi connectivity index (χ2v) is 9.90. The van der Waals surface area contributed by atoms with Crippen LogP contribution in [0.3, 0.4) is 0 Å². The van der Waals surface area contributed by atoms with Crippen LogP contribution in [0.1, 0.15) is 6.42 Å². The quantitative estimate of drug-likeness (QED) is 0.484. The van der Waals surface area contributed by atoms with E-state index in [2.05, 4.69) is 37.2 Å². The summed E-state index contributed by atoms with van der Waals surface area (Å²) in [6.07, 6.45) is 0.858. The lowest BCUT2D eigenvalue weighted by Crippen LogP contribution is -2.39. The van der Waals surface area contributed by atoms with E-state index in [0.29, 0.717) is 15.7 Å². The summed E-state index contributed by atoms with van der Waals surface area (Å²) in [6.45, 7) is -0.313. The molecule has 0 aromatic heterocycles. The lowest BCUT2D eigenvalue weighted by molar-refractivity contribution is -0.143. The van der Waals surface area contributed by atoms with Gasteiger partial charge in [0.05, 0.1) is 22.5 Å². The molecule has 1 N–H and O–H groups in total. The van der Waals surface area contributed by atoms with Crippen LogP contribution in [-0.4, -0.2) is 38.8 Å². The van der Waals surface area contributed by atoms with Crippen molar-refractivity contribution in [2.45, 2.75) is 16.1 Å². The molecular formula is C17H14Br2Cl2N2O3. The molecule has 0 unspecified atom stereocenters. The zero-order chi connectivity index (χ0) is 18.7. The first-order chi connectivity index (χ1) is 12.3. The molecule has 4 rings (SSSR count). The molecular weight excluding hydrogens is 511 g/mol. The first-order valence-corrected chi connectivity index (χ1v) is 10.8. The molecule has 138 valence electrons. The summed E-state index contributed by atoms with van der Waals surface area (Å²) in [5.74, 6) is -1.37. The van der Waals surface area contributed by atoms with Gasteiger partial charge in [-0.15, -0.1) is 0 Å². The van der Waals surface area contributed by atoms with E-state index in [1.165, 1.54) is 6.07 Å². The molecule has 3 aliphatic rings. The molecule has 6 atom stereocenters. The van der Waals surface area contributed by atoms with Gasteiger partial charge in [0.1, 0.15) is 6.54 Å². The van der Waals surface area contributed by atoms with Crippen LogP contribution in [-0.2, 0) is 14.4 Å². The van der Waals surface area contributed by atoms with Crippen molar-refractivity contribution in [2.75, 3.05) is 11.9 Å². The number of likely N-dealkylation sites (tertiary alicyclic amines) is 1. The number of rotatable bonds is 3. The third-order valence-electron chi connectivity index (χ3n) is 5.58. The highest BCUT2D eigenvalue weighted by Gasteiger charge is 2.66. The van der Waals surface area contributed by atoms with Crippen molar-refractivity contribution < 1.29 is 14.4 Å². The van der Waals surface area contributed by atoms with Gasteiger partial charge in [0.25, 0.3) is 0 Å². The fourth-order valence-corrected chi connectivity index (χ4v) is 6.70. The van der Waals surface area contributed by atoms with E-state index in [4.69, 9.17) is 23.2 Å². The van der Waals surface area contributed by atoms with Crippen molar-refractivity contribution in [3.63, 3.8) is 0 Å². The Balaban J connectivity index is 1.49. The maximum absolute atomic E-state index is 12.8. The highest BCUT2D eigenvalue weighted by atomic mass is 79.9. The minimum Gasteiger partial charge on any atom is -0.323 e. The minimum absolute atomic E-state index is 0.126. The van der Waals surface area contributed by atoms with E-state index in [9.17, 15) is 14.4 Å². The predicted octanol–water partition coefficient (Wildman–Crippen LogP) is 3.71. The number of fused-ring (bicyclic) bond motifs is 5. The van der Waals surface area contributed by atoms with E-state index in [-0.39, 0.29) is 51.7 Å². The van der Waals surface area contributed by atoms with Gasteiger partial charge in [-0.2, -0.15) is 0 Å². The number of nitrogens with zero attached hydrogens (tertiary/aromatic N) is 1. The summed E-state index contributed by atoms with van der Waals surface area (Å²) in [5.41, 5.74) is 0.351. The van der Waals surface area contributed by atoms with Crippen molar-refractivity contribution in [1.29, 1.82) is 0 Å². The maximum Gasteiger partial charge on any atom is 0.244 e. The Hall–Kier alpha value is -0.630. The van der Waals surface area contributed by atoms with E-state index in [1.54, 1.807) is 12.1 Å². The topological polar surface area (TPSA) is 66.5 Å². The zero-order valence-electron chi connectivity index (χ0n) is 13.3. The number of halogens is 4. The second-order valence-electron chi connectivity index (χ2n) is 6.94. The van der Waals surface area contributed by atoms with Crippen LogP contribution >= 0.6 is 55.1 Å². The Morgan fingerprint density at radius 3 is 2.27 bits per heavy atom. The summed E-state index contributed by atoms with van der Waals surface area (Å²) in [4.78, 5) is 39.4. The predicted molar refractivity (Wildman–Crippen MR) is 106 cm³/mol. The lowest BCUT2D eigenvalue weighted by Gasteiger charge is -2.28. The van der Waals surface area contributed by atoms with Gasteiger partial charge < -0.3 is 5.32 Å².